The van der Waals surface area contributed by atoms with Crippen molar-refractivity contribution in [1.82, 2.24) is 4.90 Å². The summed E-state index contributed by atoms with van der Waals surface area (Å²) in [6.07, 6.45) is 0. The zero-order valence-electron chi connectivity index (χ0n) is 12.9. The number of amides is 1. The first kappa shape index (κ1) is 16.7. The van der Waals surface area contributed by atoms with Gasteiger partial charge in [0.2, 0.25) is 0 Å². The number of hydrogen-bond acceptors (Lipinski definition) is 3. The van der Waals surface area contributed by atoms with Crippen LogP contribution in [0.25, 0.3) is 0 Å². The van der Waals surface area contributed by atoms with Crippen LogP contribution < -0.4 is 4.90 Å². The van der Waals surface area contributed by atoms with E-state index in [-0.39, 0.29) is 5.91 Å². The summed E-state index contributed by atoms with van der Waals surface area (Å²) < 4.78 is 15.1. The number of piperazine rings is 1. The van der Waals surface area contributed by atoms with Gasteiger partial charge < -0.3 is 9.80 Å². The molecule has 0 saturated carbocycles. The lowest BCUT2D eigenvalue weighted by molar-refractivity contribution is 0.0745. The van der Waals surface area contributed by atoms with E-state index in [1.165, 1.54) is 6.07 Å². The third-order valence-corrected chi connectivity index (χ3v) is 5.03. The van der Waals surface area contributed by atoms with Crippen molar-refractivity contribution in [3.8, 4) is 6.07 Å². The molecule has 1 aliphatic rings. The first-order valence-electron chi connectivity index (χ1n) is 7.58. The lowest BCUT2D eigenvalue weighted by Gasteiger charge is -2.36. The lowest BCUT2D eigenvalue weighted by Crippen LogP contribution is -2.49. The highest BCUT2D eigenvalue weighted by Gasteiger charge is 2.24. The number of hydrogen-bond donors (Lipinski definition) is 0. The van der Waals surface area contributed by atoms with Crippen molar-refractivity contribution in [1.29, 1.82) is 5.26 Å². The van der Waals surface area contributed by atoms with Crippen molar-refractivity contribution in [2.45, 2.75) is 0 Å². The predicted octanol–water partition coefficient (Wildman–Crippen LogP) is 3.26. The van der Waals surface area contributed by atoms with Crippen LogP contribution in [-0.2, 0) is 0 Å². The molecular formula is C18H15FIN3O. The summed E-state index contributed by atoms with van der Waals surface area (Å²) in [5.41, 5.74) is 1.50. The van der Waals surface area contributed by atoms with Gasteiger partial charge in [-0.05, 0) is 52.9 Å². The maximum atomic E-state index is 14.1. The molecule has 122 valence electrons. The largest absolute Gasteiger partial charge is 0.366 e. The molecule has 1 fully saturated rings. The average Bonchev–Trinajstić information content (AvgIpc) is 2.61. The van der Waals surface area contributed by atoms with E-state index >= 15 is 0 Å². The van der Waals surface area contributed by atoms with E-state index in [4.69, 9.17) is 5.26 Å². The number of rotatable bonds is 2. The summed E-state index contributed by atoms with van der Waals surface area (Å²) in [5.74, 6) is -0.383. The molecule has 1 aliphatic heterocycles. The highest BCUT2D eigenvalue weighted by molar-refractivity contribution is 14.1. The second-order valence-electron chi connectivity index (χ2n) is 5.54. The molecule has 24 heavy (non-hydrogen) atoms. The minimum atomic E-state index is -0.397. The number of nitriles is 1. The lowest BCUT2D eigenvalue weighted by atomic mass is 10.1. The van der Waals surface area contributed by atoms with E-state index in [1.54, 1.807) is 17.0 Å². The van der Waals surface area contributed by atoms with Crippen molar-refractivity contribution in [3.05, 3.63) is 63.0 Å². The molecule has 6 heteroatoms. The Bertz CT molecular complexity index is 810. The fourth-order valence-corrected chi connectivity index (χ4v) is 3.41. The number of benzene rings is 2. The van der Waals surface area contributed by atoms with Gasteiger partial charge in [0.1, 0.15) is 5.82 Å². The Labute approximate surface area is 153 Å². The Balaban J connectivity index is 1.69. The number of anilines is 1. The quantitative estimate of drug-likeness (QED) is 0.681. The Kier molecular flexibility index (Phi) is 5.00. The van der Waals surface area contributed by atoms with Gasteiger partial charge >= 0.3 is 0 Å². The zero-order chi connectivity index (χ0) is 17.1. The maximum Gasteiger partial charge on any atom is 0.255 e. The van der Waals surface area contributed by atoms with E-state index in [9.17, 15) is 9.18 Å². The number of carbonyl (C=O) groups excluding carboxylic acids is 1. The molecule has 4 nitrogen and oxygen atoms in total. The molecule has 1 saturated heterocycles. The highest BCUT2D eigenvalue weighted by Crippen LogP contribution is 2.23. The smallest absolute Gasteiger partial charge is 0.255 e. The molecule has 0 aromatic heterocycles. The summed E-state index contributed by atoms with van der Waals surface area (Å²) in [6.45, 7) is 2.22. The van der Waals surface area contributed by atoms with Gasteiger partial charge in [-0.1, -0.05) is 12.1 Å². The molecule has 1 amide bonds. The van der Waals surface area contributed by atoms with E-state index in [0.717, 1.165) is 3.57 Å². The second kappa shape index (κ2) is 7.18. The van der Waals surface area contributed by atoms with E-state index in [1.807, 2.05) is 35.2 Å². The van der Waals surface area contributed by atoms with Crippen LogP contribution in [-0.4, -0.2) is 37.0 Å². The van der Waals surface area contributed by atoms with Crippen molar-refractivity contribution >= 4 is 34.2 Å². The Morgan fingerprint density at radius 2 is 1.83 bits per heavy atom. The van der Waals surface area contributed by atoms with Crippen molar-refractivity contribution in [3.63, 3.8) is 0 Å². The molecule has 0 atom stereocenters. The predicted molar refractivity (Wildman–Crippen MR) is 98.4 cm³/mol. The van der Waals surface area contributed by atoms with Gasteiger partial charge in [0.15, 0.2) is 0 Å². The van der Waals surface area contributed by atoms with Crippen LogP contribution in [0.2, 0.25) is 0 Å². The zero-order valence-corrected chi connectivity index (χ0v) is 15.0. The minimum Gasteiger partial charge on any atom is -0.366 e. The highest BCUT2D eigenvalue weighted by atomic mass is 127. The van der Waals surface area contributed by atoms with Crippen LogP contribution >= 0.6 is 22.6 Å². The van der Waals surface area contributed by atoms with Crippen LogP contribution in [0.1, 0.15) is 15.9 Å². The Morgan fingerprint density at radius 3 is 2.46 bits per heavy atom. The van der Waals surface area contributed by atoms with Gasteiger partial charge in [0.25, 0.3) is 5.91 Å². The van der Waals surface area contributed by atoms with Gasteiger partial charge in [0, 0.05) is 29.7 Å². The van der Waals surface area contributed by atoms with E-state index < -0.39 is 5.82 Å². The van der Waals surface area contributed by atoms with Crippen LogP contribution in [0.3, 0.4) is 0 Å². The first-order chi connectivity index (χ1) is 11.6. The fraction of sp³-hybridized carbons (Fsp3) is 0.222. The Morgan fingerprint density at radius 1 is 1.12 bits per heavy atom. The second-order valence-corrected chi connectivity index (χ2v) is 6.70. The van der Waals surface area contributed by atoms with Crippen molar-refractivity contribution in [2.75, 3.05) is 31.1 Å². The minimum absolute atomic E-state index is 0.0138. The molecule has 3 rings (SSSR count). The van der Waals surface area contributed by atoms with Gasteiger partial charge in [-0.2, -0.15) is 5.26 Å². The fourth-order valence-electron chi connectivity index (χ4n) is 2.79. The summed E-state index contributed by atoms with van der Waals surface area (Å²) >= 11 is 2.16. The monoisotopic (exact) mass is 435 g/mol. The topological polar surface area (TPSA) is 47.3 Å². The molecule has 0 bridgehead atoms. The number of carbonyl (C=O) groups is 1. The van der Waals surface area contributed by atoms with E-state index in [0.29, 0.717) is 43.0 Å². The molecule has 0 radical (unpaired) electrons. The van der Waals surface area contributed by atoms with E-state index in [2.05, 4.69) is 22.6 Å². The normalized spacial score (nSPS) is 14.4. The molecule has 1 heterocycles. The van der Waals surface area contributed by atoms with Crippen molar-refractivity contribution in [2.24, 2.45) is 0 Å². The van der Waals surface area contributed by atoms with Gasteiger partial charge in [-0.3, -0.25) is 4.79 Å². The molecule has 0 spiro atoms. The number of halogens is 2. The van der Waals surface area contributed by atoms with Gasteiger partial charge in [-0.25, -0.2) is 4.39 Å². The third-order valence-electron chi connectivity index (χ3n) is 4.09. The molecular weight excluding hydrogens is 420 g/mol. The van der Waals surface area contributed by atoms with Crippen LogP contribution in [0.15, 0.2) is 42.5 Å². The summed E-state index contributed by atoms with van der Waals surface area (Å²) in [7, 11) is 0. The van der Waals surface area contributed by atoms with Crippen LogP contribution in [0, 0.1) is 20.7 Å². The van der Waals surface area contributed by atoms with Gasteiger partial charge in [-0.15, -0.1) is 0 Å². The SMILES string of the molecule is N#Cc1ccc(N2CCN(C(=O)c3ccccc3I)CC2)c(F)c1. The molecule has 2 aromatic carbocycles. The van der Waals surface area contributed by atoms with Gasteiger partial charge in [0.05, 0.1) is 22.9 Å². The van der Waals surface area contributed by atoms with Crippen LogP contribution in [0.5, 0.6) is 0 Å². The summed E-state index contributed by atoms with van der Waals surface area (Å²) in [6, 6.07) is 13.9. The first-order valence-corrected chi connectivity index (χ1v) is 8.66. The van der Waals surface area contributed by atoms with Crippen molar-refractivity contribution < 1.29 is 9.18 Å². The summed E-state index contributed by atoms with van der Waals surface area (Å²) in [5, 5.41) is 8.81. The third kappa shape index (κ3) is 3.36. The Hall–Kier alpha value is -2.14. The standard InChI is InChI=1S/C18H15FIN3O/c19-15-11-13(12-21)5-6-17(15)22-7-9-23(10-8-22)18(24)14-3-1-2-4-16(14)20/h1-6,11H,7-10H2. The number of nitrogens with zero attached hydrogens (tertiary/aromatic N) is 3. The van der Waals surface area contributed by atoms with Crippen LogP contribution in [0.4, 0.5) is 10.1 Å². The maximum absolute atomic E-state index is 14.1. The molecule has 2 aromatic rings. The molecule has 0 N–H and O–H groups in total. The molecule has 0 unspecified atom stereocenters. The molecule has 0 aliphatic carbocycles. The average molecular weight is 435 g/mol. The summed E-state index contributed by atoms with van der Waals surface area (Å²) in [4.78, 5) is 16.3.